The zero-order valence-electron chi connectivity index (χ0n) is 46.4. The van der Waals surface area contributed by atoms with E-state index in [0.717, 1.165) is 95.1 Å². The summed E-state index contributed by atoms with van der Waals surface area (Å²) >= 11 is 0. The van der Waals surface area contributed by atoms with Gasteiger partial charge in [-0.05, 0) is 136 Å². The molecule has 0 saturated heterocycles. The molecule has 16 aromatic rings. The van der Waals surface area contributed by atoms with Crippen molar-refractivity contribution >= 4 is 110 Å². The second kappa shape index (κ2) is 18.6. The van der Waals surface area contributed by atoms with Crippen molar-refractivity contribution in [1.29, 1.82) is 0 Å². The van der Waals surface area contributed by atoms with Crippen molar-refractivity contribution < 1.29 is 4.42 Å². The van der Waals surface area contributed by atoms with E-state index >= 15 is 0 Å². The number of aromatic nitrogens is 2. The van der Waals surface area contributed by atoms with Crippen LogP contribution >= 0.6 is 0 Å². The molecular formula is C79H54N4O. The molecule has 396 valence electrons. The third-order valence-corrected chi connectivity index (χ3v) is 17.9. The summed E-state index contributed by atoms with van der Waals surface area (Å²) in [6, 6.07) is 107. The molecule has 0 aliphatic heterocycles. The van der Waals surface area contributed by atoms with Gasteiger partial charge in [0.2, 0.25) is 0 Å². The lowest BCUT2D eigenvalue weighted by Gasteiger charge is -2.29. The van der Waals surface area contributed by atoms with Crippen LogP contribution < -0.4 is 9.80 Å². The highest BCUT2D eigenvalue weighted by Crippen LogP contribution is 2.51. The lowest BCUT2D eigenvalue weighted by molar-refractivity contribution is 0.660. The van der Waals surface area contributed by atoms with Gasteiger partial charge in [-0.15, -0.1) is 0 Å². The first-order valence-corrected chi connectivity index (χ1v) is 29.0. The van der Waals surface area contributed by atoms with E-state index in [9.17, 15) is 0 Å². The minimum Gasteiger partial charge on any atom is -0.456 e. The highest BCUT2D eigenvalue weighted by atomic mass is 16.3. The lowest BCUT2D eigenvalue weighted by atomic mass is 9.82. The number of benzene rings is 13. The van der Waals surface area contributed by atoms with E-state index in [2.05, 4.69) is 318 Å². The van der Waals surface area contributed by atoms with Gasteiger partial charge >= 0.3 is 0 Å². The molecule has 0 atom stereocenters. The normalized spacial score (nSPS) is 12.7. The van der Waals surface area contributed by atoms with Gasteiger partial charge in [-0.3, -0.25) is 0 Å². The zero-order chi connectivity index (χ0) is 55.6. The molecule has 3 heterocycles. The summed E-state index contributed by atoms with van der Waals surface area (Å²) in [4.78, 5) is 4.85. The molecule has 13 aromatic carbocycles. The first kappa shape index (κ1) is 47.9. The standard InChI is InChI=1S/C79H54N4O/c1-79(2)69-31-15-11-28-61(69)62-43-40-56(46-70(62)79)83-73-33-17-13-29-63(73)64-44-41-57(47-74(64)83)80(53-22-5-3-6-23-53)55-38-36-52(37-39-55)60-27-12-16-32-71(60)82(72-34-19-21-51-20-9-10-26-59(51)72)58-42-45-65-67-49-68-66-30-14-18-35-77(66)84-78(68)50-76(67)81(75(65)48-58)54-24-7-4-8-25-54/h3-50H,1-2H3. The highest BCUT2D eigenvalue weighted by Gasteiger charge is 2.36. The lowest BCUT2D eigenvalue weighted by Crippen LogP contribution is -2.15. The van der Waals surface area contributed by atoms with E-state index in [1.165, 1.54) is 60.1 Å². The van der Waals surface area contributed by atoms with Crippen molar-refractivity contribution in [3.63, 3.8) is 0 Å². The predicted molar refractivity (Wildman–Crippen MR) is 352 cm³/mol. The van der Waals surface area contributed by atoms with Crippen molar-refractivity contribution in [2.75, 3.05) is 9.80 Å². The molecule has 0 spiro atoms. The number of para-hydroxylation sites is 5. The summed E-state index contributed by atoms with van der Waals surface area (Å²) in [6.45, 7) is 4.72. The van der Waals surface area contributed by atoms with Gasteiger partial charge in [0.25, 0.3) is 0 Å². The van der Waals surface area contributed by atoms with Gasteiger partial charge < -0.3 is 23.4 Å². The van der Waals surface area contributed by atoms with Crippen LogP contribution in [0, 0.1) is 0 Å². The number of nitrogens with zero attached hydrogens (tertiary/aromatic N) is 4. The molecule has 1 aliphatic rings. The van der Waals surface area contributed by atoms with Crippen LogP contribution in [0.3, 0.4) is 0 Å². The minimum absolute atomic E-state index is 0.123. The van der Waals surface area contributed by atoms with E-state index in [-0.39, 0.29) is 5.41 Å². The Kier molecular flexibility index (Phi) is 10.6. The summed E-state index contributed by atoms with van der Waals surface area (Å²) < 4.78 is 11.4. The van der Waals surface area contributed by atoms with E-state index < -0.39 is 0 Å². The fraction of sp³-hybridized carbons (Fsp3) is 0.0380. The van der Waals surface area contributed by atoms with Gasteiger partial charge in [0.1, 0.15) is 11.2 Å². The Labute approximate surface area is 486 Å². The van der Waals surface area contributed by atoms with Gasteiger partial charge in [-0.2, -0.15) is 0 Å². The summed E-state index contributed by atoms with van der Waals surface area (Å²) in [7, 11) is 0. The molecule has 84 heavy (non-hydrogen) atoms. The van der Waals surface area contributed by atoms with Gasteiger partial charge in [-0.25, -0.2) is 0 Å². The minimum atomic E-state index is -0.123. The molecule has 0 amide bonds. The van der Waals surface area contributed by atoms with Crippen LogP contribution in [0.4, 0.5) is 34.1 Å². The molecule has 5 nitrogen and oxygen atoms in total. The van der Waals surface area contributed by atoms with Crippen LogP contribution in [0.1, 0.15) is 25.0 Å². The fourth-order valence-electron chi connectivity index (χ4n) is 14.0. The van der Waals surface area contributed by atoms with Crippen LogP contribution in [0.15, 0.2) is 296 Å². The van der Waals surface area contributed by atoms with Gasteiger partial charge in [-0.1, -0.05) is 196 Å². The van der Waals surface area contributed by atoms with Crippen LogP contribution in [-0.2, 0) is 5.41 Å². The summed E-state index contributed by atoms with van der Waals surface area (Å²) in [5.41, 5.74) is 22.5. The Morgan fingerprint density at radius 2 is 0.857 bits per heavy atom. The quantitative estimate of drug-likeness (QED) is 0.144. The summed E-state index contributed by atoms with van der Waals surface area (Å²) in [5, 5.41) is 9.39. The third-order valence-electron chi connectivity index (χ3n) is 17.9. The first-order chi connectivity index (χ1) is 41.4. The smallest absolute Gasteiger partial charge is 0.137 e. The number of hydrogen-bond donors (Lipinski definition) is 0. The summed E-state index contributed by atoms with van der Waals surface area (Å²) in [6.07, 6.45) is 0. The van der Waals surface area contributed by atoms with E-state index in [4.69, 9.17) is 4.42 Å². The Bertz CT molecular complexity index is 5290. The molecular weight excluding hydrogens is 1020 g/mol. The third kappa shape index (κ3) is 7.28. The fourth-order valence-corrected chi connectivity index (χ4v) is 14.0. The van der Waals surface area contributed by atoms with Crippen molar-refractivity contribution in [2.45, 2.75) is 19.3 Å². The number of rotatable bonds is 9. The molecule has 17 rings (SSSR count). The second-order valence-corrected chi connectivity index (χ2v) is 22.9. The molecule has 3 aromatic heterocycles. The second-order valence-electron chi connectivity index (χ2n) is 22.9. The maximum Gasteiger partial charge on any atom is 0.137 e. The molecule has 0 bridgehead atoms. The van der Waals surface area contributed by atoms with Crippen LogP contribution in [-0.4, -0.2) is 9.13 Å². The van der Waals surface area contributed by atoms with Gasteiger partial charge in [0.15, 0.2) is 0 Å². The van der Waals surface area contributed by atoms with E-state index in [1.54, 1.807) is 0 Å². The Morgan fingerprint density at radius 1 is 0.298 bits per heavy atom. The number of anilines is 6. The molecule has 0 N–H and O–H groups in total. The van der Waals surface area contributed by atoms with Crippen LogP contribution in [0.2, 0.25) is 0 Å². The predicted octanol–water partition coefficient (Wildman–Crippen LogP) is 21.8. The highest BCUT2D eigenvalue weighted by molar-refractivity contribution is 6.18. The van der Waals surface area contributed by atoms with Gasteiger partial charge in [0, 0.05) is 88.9 Å². The Morgan fingerprint density at radius 3 is 1.67 bits per heavy atom. The molecule has 0 fully saturated rings. The topological polar surface area (TPSA) is 29.5 Å². The van der Waals surface area contributed by atoms with Gasteiger partial charge in [0.05, 0.1) is 33.4 Å². The Balaban J connectivity index is 0.813. The SMILES string of the molecule is CC1(C)c2ccccc2-c2ccc(-n3c4ccccc4c4ccc(N(c5ccccc5)c5ccc(-c6ccccc6N(c6ccc7c8cc9c(cc8n(-c8ccccc8)c7c6)oc6ccccc69)c6cccc7ccccc67)cc5)cc43)cc21. The monoisotopic (exact) mass is 1070 g/mol. The molecule has 5 heteroatoms. The number of fused-ring (bicyclic) bond motifs is 13. The molecule has 0 saturated carbocycles. The van der Waals surface area contributed by atoms with Crippen LogP contribution in [0.25, 0.3) is 110 Å². The molecule has 1 aliphatic carbocycles. The van der Waals surface area contributed by atoms with E-state index in [0.29, 0.717) is 0 Å². The number of furan rings is 1. The number of hydrogen-bond acceptors (Lipinski definition) is 3. The van der Waals surface area contributed by atoms with Crippen molar-refractivity contribution in [3.05, 3.63) is 302 Å². The summed E-state index contributed by atoms with van der Waals surface area (Å²) in [5.74, 6) is 0. The van der Waals surface area contributed by atoms with Crippen molar-refractivity contribution in [3.8, 4) is 33.6 Å². The zero-order valence-corrected chi connectivity index (χ0v) is 46.4. The molecule has 0 unspecified atom stereocenters. The first-order valence-electron chi connectivity index (χ1n) is 29.0. The Hall–Kier alpha value is -10.9. The maximum absolute atomic E-state index is 6.53. The average molecular weight is 1080 g/mol. The van der Waals surface area contributed by atoms with E-state index in [1.807, 2.05) is 6.07 Å². The largest absolute Gasteiger partial charge is 0.456 e. The maximum atomic E-state index is 6.53. The molecule has 0 radical (unpaired) electrons. The van der Waals surface area contributed by atoms with Crippen molar-refractivity contribution in [2.24, 2.45) is 0 Å². The van der Waals surface area contributed by atoms with Crippen molar-refractivity contribution in [1.82, 2.24) is 9.13 Å². The average Bonchev–Trinajstić information content (AvgIpc) is 1.93. The van der Waals surface area contributed by atoms with Crippen LogP contribution in [0.5, 0.6) is 0 Å².